The molecular weight excluding hydrogens is 496 g/mol. The van der Waals surface area contributed by atoms with Gasteiger partial charge in [-0.3, -0.25) is 4.79 Å². The van der Waals surface area contributed by atoms with Gasteiger partial charge in [-0.25, -0.2) is 20.8 Å². The van der Waals surface area contributed by atoms with Crippen molar-refractivity contribution in [2.75, 3.05) is 12.8 Å². The average molecular weight is 523 g/mol. The topological polar surface area (TPSA) is 93.5 Å². The Hall–Kier alpha value is -3.27. The van der Waals surface area contributed by atoms with E-state index in [1.165, 1.54) is 16.4 Å². The normalized spacial score (nSPS) is 17.2. The number of fused-ring (bicyclic) bond motifs is 3. The van der Waals surface area contributed by atoms with Crippen LogP contribution in [0.2, 0.25) is 0 Å². The molecule has 1 aliphatic rings. The lowest BCUT2D eigenvalue weighted by molar-refractivity contribution is 0.0913. The lowest BCUT2D eigenvalue weighted by atomic mass is 9.91. The van der Waals surface area contributed by atoms with Gasteiger partial charge in [0.25, 0.3) is 0 Å². The third-order valence-corrected chi connectivity index (χ3v) is 9.51. The quantitative estimate of drug-likeness (QED) is 0.395. The summed E-state index contributed by atoms with van der Waals surface area (Å²) in [5, 5.41) is 0.510. The second kappa shape index (κ2) is 8.99. The van der Waals surface area contributed by atoms with Gasteiger partial charge in [-0.15, -0.1) is 0 Å². The Kier molecular flexibility index (Phi) is 6.10. The molecule has 0 bridgehead atoms. The molecule has 7 nitrogen and oxygen atoms in total. The van der Waals surface area contributed by atoms with E-state index < -0.39 is 26.0 Å². The Bertz CT molecular complexity index is 1670. The van der Waals surface area contributed by atoms with Crippen LogP contribution >= 0.6 is 0 Å². The molecule has 2 heterocycles. The summed E-state index contributed by atoms with van der Waals surface area (Å²) in [7, 11) is -7.86. The van der Waals surface area contributed by atoms with E-state index in [0.29, 0.717) is 17.3 Å². The van der Waals surface area contributed by atoms with Gasteiger partial charge in [0.1, 0.15) is 0 Å². The molecule has 4 aromatic rings. The van der Waals surface area contributed by atoms with Gasteiger partial charge in [-0.1, -0.05) is 66.2 Å². The molecule has 0 amide bonds. The van der Waals surface area contributed by atoms with Crippen molar-refractivity contribution in [2.24, 2.45) is 5.92 Å². The maximum Gasteiger partial charge on any atom is 0.243 e. The van der Waals surface area contributed by atoms with E-state index in [2.05, 4.69) is 0 Å². The third-order valence-electron chi connectivity index (χ3n) is 6.61. The maximum atomic E-state index is 14.0. The van der Waals surface area contributed by atoms with Crippen LogP contribution in [0.4, 0.5) is 0 Å². The van der Waals surface area contributed by atoms with Crippen LogP contribution in [0.1, 0.15) is 27.2 Å². The van der Waals surface area contributed by atoms with Gasteiger partial charge in [0.05, 0.1) is 28.9 Å². The number of hydrogen-bond acceptors (Lipinski definition) is 5. The Balaban J connectivity index is 1.74. The number of benzene rings is 3. The molecule has 186 valence electrons. The fourth-order valence-electron chi connectivity index (χ4n) is 4.92. The lowest BCUT2D eigenvalue weighted by Gasteiger charge is -2.24. The fourth-order valence-corrected chi connectivity index (χ4v) is 7.44. The molecule has 0 fully saturated rings. The molecule has 9 heteroatoms. The maximum absolute atomic E-state index is 14.0. The number of para-hydroxylation sites is 1. The van der Waals surface area contributed by atoms with Crippen molar-refractivity contribution in [1.29, 1.82) is 0 Å². The van der Waals surface area contributed by atoms with Gasteiger partial charge in [0.15, 0.2) is 5.78 Å². The van der Waals surface area contributed by atoms with Gasteiger partial charge in [-0.2, -0.15) is 4.31 Å². The number of ketones is 1. The van der Waals surface area contributed by atoms with Crippen LogP contribution in [0.5, 0.6) is 0 Å². The molecule has 3 aromatic carbocycles. The second-order valence-electron chi connectivity index (χ2n) is 9.23. The fraction of sp³-hybridized carbons (Fsp3) is 0.222. The van der Waals surface area contributed by atoms with E-state index in [-0.39, 0.29) is 35.0 Å². The summed E-state index contributed by atoms with van der Waals surface area (Å²) in [6.07, 6.45) is 1.40. The van der Waals surface area contributed by atoms with Crippen molar-refractivity contribution < 1.29 is 21.6 Å². The largest absolute Gasteiger partial charge is 0.294 e. The molecule has 0 aliphatic carbocycles. The van der Waals surface area contributed by atoms with Crippen LogP contribution < -0.4 is 0 Å². The number of Topliss-reactive ketones (excluding diaryl/α,β-unsaturated/α-hetero) is 1. The molecule has 0 saturated carbocycles. The van der Waals surface area contributed by atoms with E-state index >= 15 is 0 Å². The number of rotatable bonds is 5. The molecule has 36 heavy (non-hydrogen) atoms. The van der Waals surface area contributed by atoms with Gasteiger partial charge >= 0.3 is 0 Å². The summed E-state index contributed by atoms with van der Waals surface area (Å²) in [4.78, 5) is 14.1. The number of aromatic nitrogens is 1. The molecule has 5 rings (SSSR count). The Morgan fingerprint density at radius 2 is 1.50 bits per heavy atom. The number of carbonyl (C=O) groups excluding carboxylic acids is 1. The van der Waals surface area contributed by atoms with Crippen LogP contribution in [-0.2, 0) is 33.0 Å². The monoisotopic (exact) mass is 522 g/mol. The highest BCUT2D eigenvalue weighted by Gasteiger charge is 2.39. The first kappa shape index (κ1) is 24.4. The highest BCUT2D eigenvalue weighted by molar-refractivity contribution is 7.89. The minimum Gasteiger partial charge on any atom is -0.294 e. The number of sulfonamides is 1. The zero-order chi connectivity index (χ0) is 25.7. The highest BCUT2D eigenvalue weighted by Crippen LogP contribution is 2.36. The van der Waals surface area contributed by atoms with Crippen molar-refractivity contribution in [3.8, 4) is 0 Å². The van der Waals surface area contributed by atoms with Crippen molar-refractivity contribution >= 4 is 36.7 Å². The van der Waals surface area contributed by atoms with Crippen LogP contribution in [-0.4, -0.2) is 43.7 Å². The van der Waals surface area contributed by atoms with Crippen molar-refractivity contribution in [3.63, 3.8) is 0 Å². The van der Waals surface area contributed by atoms with Crippen LogP contribution in [0.3, 0.4) is 0 Å². The molecular formula is C27H26N2O5S2. The van der Waals surface area contributed by atoms with Gasteiger partial charge in [0.2, 0.25) is 20.0 Å². The van der Waals surface area contributed by atoms with Crippen molar-refractivity contribution in [1.82, 2.24) is 8.28 Å². The molecule has 1 atom stereocenters. The first-order chi connectivity index (χ1) is 17.1. The van der Waals surface area contributed by atoms with Gasteiger partial charge < -0.3 is 0 Å². The van der Waals surface area contributed by atoms with E-state index in [1.807, 2.05) is 37.3 Å². The summed E-state index contributed by atoms with van der Waals surface area (Å²) < 4.78 is 55.8. The lowest BCUT2D eigenvalue weighted by Crippen LogP contribution is -2.36. The van der Waals surface area contributed by atoms with Crippen LogP contribution in [0, 0.1) is 12.8 Å². The Morgan fingerprint density at radius 1 is 0.861 bits per heavy atom. The van der Waals surface area contributed by atoms with Crippen molar-refractivity contribution in [3.05, 3.63) is 101 Å². The highest BCUT2D eigenvalue weighted by atomic mass is 32.2. The predicted octanol–water partition coefficient (Wildman–Crippen LogP) is 4.00. The molecule has 0 saturated heterocycles. The summed E-state index contributed by atoms with van der Waals surface area (Å²) >= 11 is 0. The molecule has 0 radical (unpaired) electrons. The van der Waals surface area contributed by atoms with Gasteiger partial charge in [-0.05, 0) is 37.1 Å². The van der Waals surface area contributed by atoms with E-state index in [1.54, 1.807) is 36.4 Å². The van der Waals surface area contributed by atoms with Crippen molar-refractivity contribution in [2.45, 2.75) is 24.8 Å². The number of hydrogen-bond donors (Lipinski definition) is 0. The molecule has 1 aliphatic heterocycles. The Labute approximate surface area is 211 Å². The smallest absolute Gasteiger partial charge is 0.243 e. The Morgan fingerprint density at radius 3 is 2.17 bits per heavy atom. The summed E-state index contributed by atoms with van der Waals surface area (Å²) in [5.74, 6) is -0.943. The van der Waals surface area contributed by atoms with Crippen LogP contribution in [0.15, 0.2) is 83.8 Å². The second-order valence-corrected chi connectivity index (χ2v) is 13.0. The van der Waals surface area contributed by atoms with Gasteiger partial charge in [0, 0.05) is 23.4 Å². The average Bonchev–Trinajstić information content (AvgIpc) is 3.10. The SMILES string of the molecule is Cc1ccc(S(=O)(=O)N2Cc3c(c4ccccc4n3S(C)(=O)=O)C(=O)[C@@H](Cc3ccccc3)C2)cc1. The molecule has 1 aromatic heterocycles. The number of nitrogens with zero attached hydrogens (tertiary/aromatic N) is 2. The third kappa shape index (κ3) is 4.27. The van der Waals surface area contributed by atoms with E-state index in [0.717, 1.165) is 21.4 Å². The number of carbonyl (C=O) groups is 1. The summed E-state index contributed by atoms with van der Waals surface area (Å²) in [5.41, 5.74) is 2.64. The summed E-state index contributed by atoms with van der Waals surface area (Å²) in [6.45, 7) is 1.58. The predicted molar refractivity (Wildman–Crippen MR) is 139 cm³/mol. The minimum absolute atomic E-state index is 0.0588. The zero-order valence-electron chi connectivity index (χ0n) is 20.0. The number of aryl methyl sites for hydroxylation is 1. The first-order valence-corrected chi connectivity index (χ1v) is 14.8. The first-order valence-electron chi connectivity index (χ1n) is 11.5. The van der Waals surface area contributed by atoms with Crippen LogP contribution in [0.25, 0.3) is 10.9 Å². The molecule has 0 N–H and O–H groups in total. The van der Waals surface area contributed by atoms with E-state index in [4.69, 9.17) is 0 Å². The molecule has 0 unspecified atom stereocenters. The van der Waals surface area contributed by atoms with E-state index in [9.17, 15) is 21.6 Å². The molecule has 0 spiro atoms. The zero-order valence-corrected chi connectivity index (χ0v) is 21.6. The summed E-state index contributed by atoms with van der Waals surface area (Å²) in [6, 6.07) is 22.8. The standard InChI is InChI=1S/C27H26N2O5S2/c1-19-12-14-22(15-13-19)36(33,34)28-17-21(16-20-8-4-3-5-9-20)27(30)26-23-10-6-7-11-24(23)29(25(26)18-28)35(2,31)32/h3-15,21H,16-18H2,1-2H3/t21-/m0/s1. The minimum atomic E-state index is -4.02.